The number of hydrogen-bond acceptors (Lipinski definition) is 2. The standard InChI is InChI=1S/C16H11BrN4/c17-11-2-1-3-12(7-11)21-16-13-6-10-4-5-18-14(10)8-15(13)19-9-20-16/h1-9,18H,(H,19,20,21)/p+1. The maximum absolute atomic E-state index is 4.41. The number of nitrogens with one attached hydrogen (secondary N) is 3. The monoisotopic (exact) mass is 339 g/mol. The number of anilines is 2. The zero-order valence-corrected chi connectivity index (χ0v) is 12.6. The van der Waals surface area contributed by atoms with Crippen molar-refractivity contribution in [3.05, 3.63) is 59.5 Å². The van der Waals surface area contributed by atoms with Crippen LogP contribution >= 0.6 is 15.9 Å². The fraction of sp³-hybridized carbons (Fsp3) is 0. The van der Waals surface area contributed by atoms with Gasteiger partial charge >= 0.3 is 0 Å². The fourth-order valence-corrected chi connectivity index (χ4v) is 2.85. The van der Waals surface area contributed by atoms with Gasteiger partial charge in [0.25, 0.3) is 0 Å². The molecule has 2 aromatic carbocycles. The van der Waals surface area contributed by atoms with Crippen molar-refractivity contribution in [1.82, 2.24) is 9.97 Å². The molecular weight excluding hydrogens is 328 g/mol. The average molecular weight is 340 g/mol. The Hall–Kier alpha value is -2.40. The van der Waals surface area contributed by atoms with Gasteiger partial charge in [-0.3, -0.25) is 5.32 Å². The minimum atomic E-state index is 0.932. The van der Waals surface area contributed by atoms with Gasteiger partial charge in [-0.05, 0) is 30.3 Å². The predicted octanol–water partition coefficient (Wildman–Crippen LogP) is 4.04. The van der Waals surface area contributed by atoms with E-state index in [1.54, 1.807) is 6.33 Å². The summed E-state index contributed by atoms with van der Waals surface area (Å²) in [6, 6.07) is 14.3. The molecule has 0 aliphatic carbocycles. The van der Waals surface area contributed by atoms with Gasteiger partial charge in [0.1, 0.15) is 0 Å². The molecule has 0 aliphatic heterocycles. The highest BCUT2D eigenvalue weighted by atomic mass is 79.9. The van der Waals surface area contributed by atoms with E-state index < -0.39 is 0 Å². The summed E-state index contributed by atoms with van der Waals surface area (Å²) in [5.41, 5.74) is 3.05. The summed E-state index contributed by atoms with van der Waals surface area (Å²) in [4.78, 5) is 10.8. The Morgan fingerprint density at radius 2 is 2.10 bits per heavy atom. The third kappa shape index (κ3) is 2.25. The third-order valence-corrected chi connectivity index (χ3v) is 3.94. The summed E-state index contributed by atoms with van der Waals surface area (Å²) in [7, 11) is 0. The van der Waals surface area contributed by atoms with Gasteiger partial charge < -0.3 is 4.98 Å². The Labute approximate surface area is 129 Å². The van der Waals surface area contributed by atoms with Crippen LogP contribution in [0, 0.1) is 0 Å². The summed E-state index contributed by atoms with van der Waals surface area (Å²) in [5, 5.41) is 5.64. The number of halogens is 1. The van der Waals surface area contributed by atoms with Crippen molar-refractivity contribution in [1.29, 1.82) is 0 Å². The Balaban J connectivity index is 1.87. The van der Waals surface area contributed by atoms with Gasteiger partial charge in [-0.2, -0.15) is 0 Å². The first-order valence-corrected chi connectivity index (χ1v) is 7.39. The van der Waals surface area contributed by atoms with Crippen LogP contribution in [0.2, 0.25) is 0 Å². The van der Waals surface area contributed by atoms with Crippen LogP contribution in [0.4, 0.5) is 11.5 Å². The Morgan fingerprint density at radius 1 is 1.14 bits per heavy atom. The third-order valence-electron chi connectivity index (χ3n) is 3.45. The molecule has 0 saturated carbocycles. The van der Waals surface area contributed by atoms with Gasteiger partial charge in [-0.15, -0.1) is 4.98 Å². The van der Waals surface area contributed by atoms with E-state index in [0.29, 0.717) is 0 Å². The van der Waals surface area contributed by atoms with Gasteiger partial charge in [0.05, 0.1) is 11.1 Å². The van der Waals surface area contributed by atoms with Crippen LogP contribution in [-0.2, 0) is 0 Å². The van der Waals surface area contributed by atoms with E-state index in [1.807, 2.05) is 30.5 Å². The first kappa shape index (κ1) is 12.3. The van der Waals surface area contributed by atoms with E-state index in [0.717, 1.165) is 32.4 Å². The largest absolute Gasteiger partial charge is 0.361 e. The van der Waals surface area contributed by atoms with Crippen molar-refractivity contribution in [3.8, 4) is 0 Å². The molecule has 102 valence electrons. The maximum atomic E-state index is 4.41. The second-order valence-corrected chi connectivity index (χ2v) is 5.76. The maximum Gasteiger partial charge on any atom is 0.234 e. The molecule has 4 rings (SSSR count). The second-order valence-electron chi connectivity index (χ2n) is 4.85. The number of fused-ring (bicyclic) bond motifs is 2. The molecule has 0 radical (unpaired) electrons. The van der Waals surface area contributed by atoms with E-state index in [1.165, 1.54) is 5.39 Å². The number of nitrogens with zero attached hydrogens (tertiary/aromatic N) is 1. The van der Waals surface area contributed by atoms with E-state index in [9.17, 15) is 0 Å². The highest BCUT2D eigenvalue weighted by Crippen LogP contribution is 2.26. The lowest BCUT2D eigenvalue weighted by atomic mass is 10.1. The number of rotatable bonds is 2. The molecule has 4 aromatic rings. The second kappa shape index (κ2) is 4.86. The summed E-state index contributed by atoms with van der Waals surface area (Å²) < 4.78 is 1.04. The van der Waals surface area contributed by atoms with Crippen molar-refractivity contribution in [2.45, 2.75) is 0 Å². The first-order chi connectivity index (χ1) is 10.3. The molecule has 0 saturated heterocycles. The van der Waals surface area contributed by atoms with Gasteiger partial charge in [0, 0.05) is 27.6 Å². The molecule has 21 heavy (non-hydrogen) atoms. The van der Waals surface area contributed by atoms with E-state index >= 15 is 0 Å². The molecular formula is C16H12BrN4+. The first-order valence-electron chi connectivity index (χ1n) is 6.60. The van der Waals surface area contributed by atoms with Gasteiger partial charge in [0.2, 0.25) is 12.1 Å². The Bertz CT molecular complexity index is 945. The topological polar surface area (TPSA) is 54.9 Å². The molecule has 2 heterocycles. The van der Waals surface area contributed by atoms with Crippen LogP contribution in [0.15, 0.2) is 59.5 Å². The highest BCUT2D eigenvalue weighted by Gasteiger charge is 2.11. The number of aromatic nitrogens is 3. The van der Waals surface area contributed by atoms with Gasteiger partial charge in [-0.1, -0.05) is 22.0 Å². The van der Waals surface area contributed by atoms with Gasteiger partial charge in [0.15, 0.2) is 5.52 Å². The zero-order valence-electron chi connectivity index (χ0n) is 11.0. The van der Waals surface area contributed by atoms with E-state index in [4.69, 9.17) is 0 Å². The van der Waals surface area contributed by atoms with E-state index in [-0.39, 0.29) is 0 Å². The number of H-pyrrole nitrogens is 2. The lowest BCUT2D eigenvalue weighted by molar-refractivity contribution is -0.363. The molecule has 4 nitrogen and oxygen atoms in total. The molecule has 0 atom stereocenters. The number of hydrogen-bond donors (Lipinski definition) is 2. The molecule has 0 aliphatic rings. The SMILES string of the molecule is Brc1cccc(Nc2[nH+]cnc3cc4[nH]ccc4cc23)c1. The van der Waals surface area contributed by atoms with Gasteiger partial charge in [-0.25, -0.2) is 4.98 Å². The smallest absolute Gasteiger partial charge is 0.234 e. The van der Waals surface area contributed by atoms with Crippen molar-refractivity contribution in [2.24, 2.45) is 0 Å². The van der Waals surface area contributed by atoms with E-state index in [2.05, 4.69) is 54.4 Å². The quantitative estimate of drug-likeness (QED) is 0.579. The van der Waals surface area contributed by atoms with Crippen molar-refractivity contribution >= 4 is 49.2 Å². The lowest BCUT2D eigenvalue weighted by Gasteiger charge is -2.04. The summed E-state index contributed by atoms with van der Waals surface area (Å²) in [5.74, 6) is 0.932. The molecule has 0 unspecified atom stereocenters. The van der Waals surface area contributed by atoms with Crippen LogP contribution in [0.1, 0.15) is 0 Å². The molecule has 0 spiro atoms. The number of aromatic amines is 2. The minimum absolute atomic E-state index is 0.932. The van der Waals surface area contributed by atoms with Crippen molar-refractivity contribution in [2.75, 3.05) is 5.32 Å². The summed E-state index contributed by atoms with van der Waals surface area (Å²) in [6.07, 6.45) is 3.64. The zero-order chi connectivity index (χ0) is 14.2. The number of benzene rings is 2. The average Bonchev–Trinajstić information content (AvgIpc) is 2.93. The van der Waals surface area contributed by atoms with Crippen LogP contribution in [0.25, 0.3) is 21.8 Å². The lowest BCUT2D eigenvalue weighted by Crippen LogP contribution is -2.11. The van der Waals surface area contributed by atoms with Crippen LogP contribution in [-0.4, -0.2) is 9.97 Å². The van der Waals surface area contributed by atoms with Crippen LogP contribution < -0.4 is 10.3 Å². The Morgan fingerprint density at radius 3 is 3.00 bits per heavy atom. The predicted molar refractivity (Wildman–Crippen MR) is 87.6 cm³/mol. The highest BCUT2D eigenvalue weighted by molar-refractivity contribution is 9.10. The molecule has 0 fully saturated rings. The molecule has 0 bridgehead atoms. The molecule has 3 N–H and O–H groups in total. The normalized spacial score (nSPS) is 11.1. The van der Waals surface area contributed by atoms with Crippen molar-refractivity contribution in [3.63, 3.8) is 0 Å². The Kier molecular flexibility index (Phi) is 2.86. The summed E-state index contributed by atoms with van der Waals surface area (Å²) >= 11 is 3.49. The van der Waals surface area contributed by atoms with Crippen LogP contribution in [0.5, 0.6) is 0 Å². The van der Waals surface area contributed by atoms with Crippen LogP contribution in [0.3, 0.4) is 0 Å². The molecule has 0 amide bonds. The fourth-order valence-electron chi connectivity index (χ4n) is 2.45. The minimum Gasteiger partial charge on any atom is -0.361 e. The molecule has 2 aromatic heterocycles. The summed E-state index contributed by atoms with van der Waals surface area (Å²) in [6.45, 7) is 0. The molecule has 5 heteroatoms. The van der Waals surface area contributed by atoms with Crippen molar-refractivity contribution < 1.29 is 4.98 Å².